The Hall–Kier alpha value is -6.07. The zero-order valence-electron chi connectivity index (χ0n) is 25.8. The van der Waals surface area contributed by atoms with E-state index in [1.54, 1.807) is 0 Å². The SMILES string of the molecule is CC1(C)c2ccccc2-c2c(-c3nc(-c4ccccc4)nc(-c4cccc5oc6ccccc6c45)n3)cc3oc4ccccc4c3c21. The van der Waals surface area contributed by atoms with Crippen LogP contribution >= 0.6 is 0 Å². The van der Waals surface area contributed by atoms with E-state index in [2.05, 4.69) is 68.4 Å². The van der Waals surface area contributed by atoms with Crippen molar-refractivity contribution in [2.45, 2.75) is 19.3 Å². The Morgan fingerprint density at radius 1 is 0.468 bits per heavy atom. The molecule has 0 aliphatic heterocycles. The van der Waals surface area contributed by atoms with Gasteiger partial charge in [0.1, 0.15) is 22.3 Å². The third kappa shape index (κ3) is 3.68. The second-order valence-electron chi connectivity index (χ2n) is 12.8. The molecule has 5 nitrogen and oxygen atoms in total. The Morgan fingerprint density at radius 2 is 1.04 bits per heavy atom. The number of hydrogen-bond acceptors (Lipinski definition) is 5. The maximum absolute atomic E-state index is 6.57. The lowest BCUT2D eigenvalue weighted by Crippen LogP contribution is -2.15. The fraction of sp³-hybridized carbons (Fsp3) is 0.0714. The molecular weight excluding hydrogens is 578 g/mol. The monoisotopic (exact) mass is 605 g/mol. The lowest BCUT2D eigenvalue weighted by Gasteiger charge is -2.22. The van der Waals surface area contributed by atoms with Crippen LogP contribution in [0.2, 0.25) is 0 Å². The molecule has 3 heterocycles. The largest absolute Gasteiger partial charge is 0.456 e. The zero-order valence-corrected chi connectivity index (χ0v) is 25.8. The van der Waals surface area contributed by atoms with E-state index in [-0.39, 0.29) is 5.41 Å². The Kier molecular flexibility index (Phi) is 5.28. The lowest BCUT2D eigenvalue weighted by atomic mass is 9.80. The highest BCUT2D eigenvalue weighted by Crippen LogP contribution is 2.56. The van der Waals surface area contributed by atoms with Crippen molar-refractivity contribution in [2.75, 3.05) is 0 Å². The van der Waals surface area contributed by atoms with Crippen molar-refractivity contribution < 1.29 is 8.83 Å². The molecule has 1 aliphatic rings. The van der Waals surface area contributed by atoms with Gasteiger partial charge in [-0.2, -0.15) is 0 Å². The average molecular weight is 606 g/mol. The minimum Gasteiger partial charge on any atom is -0.456 e. The number of rotatable bonds is 3. The van der Waals surface area contributed by atoms with Crippen LogP contribution in [-0.2, 0) is 5.41 Å². The minimum atomic E-state index is -0.272. The van der Waals surface area contributed by atoms with E-state index in [1.807, 2.05) is 72.8 Å². The number of para-hydroxylation sites is 2. The van der Waals surface area contributed by atoms with Crippen LogP contribution in [0.5, 0.6) is 0 Å². The van der Waals surface area contributed by atoms with E-state index in [9.17, 15) is 0 Å². The molecule has 0 spiro atoms. The molecule has 222 valence electrons. The molecule has 1 aliphatic carbocycles. The number of aromatic nitrogens is 3. The highest BCUT2D eigenvalue weighted by atomic mass is 16.3. The summed E-state index contributed by atoms with van der Waals surface area (Å²) >= 11 is 0. The molecule has 6 aromatic carbocycles. The van der Waals surface area contributed by atoms with E-state index < -0.39 is 0 Å². The Labute approximate surface area is 270 Å². The summed E-state index contributed by atoms with van der Waals surface area (Å²) in [5.74, 6) is 1.80. The standard InChI is InChI=1S/C42H27N3O2/c1-42(2)30-19-9-6-15-25(30)36-29(23-34-37(38(36)42)27-17-8-11-21-32(27)47-34)41-44-39(24-13-4-3-5-14-24)43-40(45-41)28-18-12-22-33-35(28)26-16-7-10-20-31(26)46-33/h3-23H,1-2H3. The van der Waals surface area contributed by atoms with Crippen molar-refractivity contribution in [1.29, 1.82) is 0 Å². The molecule has 0 fully saturated rings. The van der Waals surface area contributed by atoms with Crippen molar-refractivity contribution in [3.05, 3.63) is 139 Å². The topological polar surface area (TPSA) is 65.0 Å². The van der Waals surface area contributed by atoms with Crippen LogP contribution in [-0.4, -0.2) is 15.0 Å². The molecule has 0 amide bonds. The first kappa shape index (κ1) is 26.2. The molecule has 0 atom stereocenters. The molecule has 47 heavy (non-hydrogen) atoms. The smallest absolute Gasteiger partial charge is 0.164 e. The van der Waals surface area contributed by atoms with Crippen molar-refractivity contribution in [3.63, 3.8) is 0 Å². The van der Waals surface area contributed by atoms with Crippen LogP contribution in [0, 0.1) is 0 Å². The van der Waals surface area contributed by atoms with E-state index in [1.165, 1.54) is 16.7 Å². The molecule has 10 rings (SSSR count). The second kappa shape index (κ2) is 9.47. The first-order valence-electron chi connectivity index (χ1n) is 15.9. The third-order valence-electron chi connectivity index (χ3n) is 9.71. The average Bonchev–Trinajstić information content (AvgIpc) is 3.76. The lowest BCUT2D eigenvalue weighted by molar-refractivity contribution is 0.657. The van der Waals surface area contributed by atoms with Gasteiger partial charge in [0.15, 0.2) is 17.5 Å². The van der Waals surface area contributed by atoms with Crippen molar-refractivity contribution >= 4 is 43.9 Å². The van der Waals surface area contributed by atoms with Gasteiger partial charge in [0.05, 0.1) is 0 Å². The van der Waals surface area contributed by atoms with E-state index in [4.69, 9.17) is 23.8 Å². The fourth-order valence-electron chi connectivity index (χ4n) is 7.64. The van der Waals surface area contributed by atoms with Gasteiger partial charge in [0.2, 0.25) is 0 Å². The highest BCUT2D eigenvalue weighted by molar-refractivity contribution is 6.14. The first-order chi connectivity index (χ1) is 23.1. The predicted octanol–water partition coefficient (Wildman–Crippen LogP) is 11.0. The van der Waals surface area contributed by atoms with Crippen molar-refractivity contribution in [2.24, 2.45) is 0 Å². The highest BCUT2D eigenvalue weighted by Gasteiger charge is 2.40. The van der Waals surface area contributed by atoms with Crippen LogP contribution in [0.4, 0.5) is 0 Å². The van der Waals surface area contributed by atoms with Gasteiger partial charge < -0.3 is 8.83 Å². The third-order valence-corrected chi connectivity index (χ3v) is 9.71. The Balaban J connectivity index is 1.34. The van der Waals surface area contributed by atoms with Gasteiger partial charge >= 0.3 is 0 Å². The quantitative estimate of drug-likeness (QED) is 0.200. The zero-order chi connectivity index (χ0) is 31.3. The van der Waals surface area contributed by atoms with E-state index in [0.29, 0.717) is 17.5 Å². The summed E-state index contributed by atoms with van der Waals surface area (Å²) in [5.41, 5.74) is 10.7. The van der Waals surface area contributed by atoms with Gasteiger partial charge in [-0.05, 0) is 46.5 Å². The summed E-state index contributed by atoms with van der Waals surface area (Å²) in [7, 11) is 0. The number of nitrogens with zero attached hydrogens (tertiary/aromatic N) is 3. The van der Waals surface area contributed by atoms with Gasteiger partial charge in [-0.1, -0.05) is 117 Å². The summed E-state index contributed by atoms with van der Waals surface area (Å²) in [6.45, 7) is 4.61. The summed E-state index contributed by atoms with van der Waals surface area (Å²) in [6, 6.07) is 43.5. The Bertz CT molecular complexity index is 2720. The van der Waals surface area contributed by atoms with Gasteiger partial charge in [-0.15, -0.1) is 0 Å². The van der Waals surface area contributed by atoms with Crippen molar-refractivity contribution in [1.82, 2.24) is 15.0 Å². The maximum atomic E-state index is 6.57. The maximum Gasteiger partial charge on any atom is 0.164 e. The number of fused-ring (bicyclic) bond motifs is 10. The summed E-state index contributed by atoms with van der Waals surface area (Å²) in [4.78, 5) is 15.6. The van der Waals surface area contributed by atoms with Crippen LogP contribution < -0.4 is 0 Å². The molecule has 0 N–H and O–H groups in total. The molecule has 0 saturated carbocycles. The number of benzene rings is 6. The molecule has 0 radical (unpaired) electrons. The molecule has 0 bridgehead atoms. The normalized spacial score (nSPS) is 13.5. The molecule has 3 aromatic heterocycles. The number of hydrogen-bond donors (Lipinski definition) is 0. The first-order valence-corrected chi connectivity index (χ1v) is 15.9. The molecule has 0 unspecified atom stereocenters. The van der Waals surface area contributed by atoms with Gasteiger partial charge in [0.25, 0.3) is 0 Å². The van der Waals surface area contributed by atoms with Gasteiger partial charge in [0, 0.05) is 43.7 Å². The molecule has 9 aromatic rings. The van der Waals surface area contributed by atoms with Gasteiger partial charge in [-0.25, -0.2) is 15.0 Å². The van der Waals surface area contributed by atoms with Crippen LogP contribution in [0.25, 0.3) is 89.2 Å². The van der Waals surface area contributed by atoms with Crippen molar-refractivity contribution in [3.8, 4) is 45.3 Å². The van der Waals surface area contributed by atoms with Gasteiger partial charge in [-0.3, -0.25) is 0 Å². The second-order valence-corrected chi connectivity index (χ2v) is 12.8. The number of furan rings is 2. The van der Waals surface area contributed by atoms with Crippen LogP contribution in [0.15, 0.2) is 136 Å². The van der Waals surface area contributed by atoms with Crippen LogP contribution in [0.3, 0.4) is 0 Å². The summed E-state index contributed by atoms with van der Waals surface area (Å²) in [6.07, 6.45) is 0. The molecular formula is C42H27N3O2. The molecule has 0 saturated heterocycles. The summed E-state index contributed by atoms with van der Waals surface area (Å²) < 4.78 is 12.8. The minimum absolute atomic E-state index is 0.272. The fourth-order valence-corrected chi connectivity index (χ4v) is 7.64. The Morgan fingerprint density at radius 3 is 1.83 bits per heavy atom. The van der Waals surface area contributed by atoms with E-state index in [0.717, 1.165) is 66.1 Å². The molecule has 5 heteroatoms. The van der Waals surface area contributed by atoms with E-state index >= 15 is 0 Å². The van der Waals surface area contributed by atoms with Crippen LogP contribution in [0.1, 0.15) is 25.0 Å². The summed E-state index contributed by atoms with van der Waals surface area (Å²) in [5, 5.41) is 4.28. The predicted molar refractivity (Wildman–Crippen MR) is 188 cm³/mol.